The summed E-state index contributed by atoms with van der Waals surface area (Å²) in [6.07, 6.45) is -0.802. The molecule has 1 aromatic carbocycles. The number of aliphatic hydroxyl groups is 1. The first-order valence-electron chi connectivity index (χ1n) is 5.45. The zero-order valence-electron chi connectivity index (χ0n) is 9.41. The molecule has 6 heteroatoms. The third-order valence-electron chi connectivity index (χ3n) is 2.85. The van der Waals surface area contributed by atoms with Crippen molar-refractivity contribution < 1.29 is 19.8 Å². The van der Waals surface area contributed by atoms with E-state index >= 15 is 0 Å². The van der Waals surface area contributed by atoms with Gasteiger partial charge in [0.05, 0.1) is 12.5 Å². The van der Waals surface area contributed by atoms with E-state index in [2.05, 4.69) is 15.9 Å². The lowest BCUT2D eigenvalue weighted by Crippen LogP contribution is -2.35. The van der Waals surface area contributed by atoms with E-state index in [1.54, 1.807) is 24.3 Å². The van der Waals surface area contributed by atoms with Crippen molar-refractivity contribution in [3.8, 4) is 0 Å². The molecule has 1 aromatic rings. The van der Waals surface area contributed by atoms with E-state index in [1.807, 2.05) is 0 Å². The summed E-state index contributed by atoms with van der Waals surface area (Å²) in [6.45, 7) is 0.0579. The summed E-state index contributed by atoms with van der Waals surface area (Å²) >= 11 is 3.27. The van der Waals surface area contributed by atoms with E-state index in [4.69, 9.17) is 0 Å². The summed E-state index contributed by atoms with van der Waals surface area (Å²) in [7, 11) is 0. The molecule has 0 radical (unpaired) electrons. The maximum atomic E-state index is 11.7. The molecule has 0 bridgehead atoms. The number of nitrogens with zero attached hydrogens (tertiary/aromatic N) is 1. The van der Waals surface area contributed by atoms with E-state index in [0.29, 0.717) is 5.56 Å². The monoisotopic (exact) mass is 313 g/mol. The number of halogens is 1. The highest BCUT2D eigenvalue weighted by Crippen LogP contribution is 2.28. The number of aliphatic carboxylic acids is 1. The lowest BCUT2D eigenvalue weighted by Gasteiger charge is -2.24. The van der Waals surface area contributed by atoms with Crippen LogP contribution < -0.4 is 0 Å². The molecule has 2 N–H and O–H groups in total. The Bertz CT molecular complexity index is 491. The van der Waals surface area contributed by atoms with Crippen LogP contribution in [0.3, 0.4) is 0 Å². The van der Waals surface area contributed by atoms with Crippen LogP contribution in [0, 0.1) is 0 Å². The van der Waals surface area contributed by atoms with Crippen molar-refractivity contribution in [2.75, 3.05) is 6.54 Å². The van der Waals surface area contributed by atoms with Crippen LogP contribution in [0.4, 0.5) is 0 Å². The van der Waals surface area contributed by atoms with E-state index in [9.17, 15) is 19.8 Å². The molecular weight excluding hydrogens is 302 g/mol. The van der Waals surface area contributed by atoms with Crippen LogP contribution in [-0.2, 0) is 9.59 Å². The Kier molecular flexibility index (Phi) is 3.68. The van der Waals surface area contributed by atoms with Crippen molar-refractivity contribution in [3.63, 3.8) is 0 Å². The molecule has 18 heavy (non-hydrogen) atoms. The van der Waals surface area contributed by atoms with Gasteiger partial charge in [0, 0.05) is 11.0 Å². The Morgan fingerprint density at radius 2 is 2.22 bits per heavy atom. The molecule has 0 spiro atoms. The molecule has 0 aromatic heterocycles. The van der Waals surface area contributed by atoms with E-state index < -0.39 is 18.1 Å². The van der Waals surface area contributed by atoms with Crippen LogP contribution in [0.1, 0.15) is 18.0 Å². The predicted molar refractivity (Wildman–Crippen MR) is 66.9 cm³/mol. The molecule has 1 fully saturated rings. The zero-order valence-corrected chi connectivity index (χ0v) is 11.0. The normalized spacial score (nSPS) is 21.1. The maximum Gasteiger partial charge on any atom is 0.331 e. The second kappa shape index (κ2) is 5.07. The van der Waals surface area contributed by atoms with Crippen molar-refractivity contribution in [1.29, 1.82) is 0 Å². The molecule has 1 heterocycles. The maximum absolute atomic E-state index is 11.7. The van der Waals surface area contributed by atoms with Crippen molar-refractivity contribution in [2.45, 2.75) is 18.6 Å². The number of β-amino-alcohol motifs (C(OH)–C–C–N with tert-alkyl or cyclic N) is 1. The number of hydrogen-bond donors (Lipinski definition) is 2. The van der Waals surface area contributed by atoms with Crippen molar-refractivity contribution in [1.82, 2.24) is 4.90 Å². The summed E-state index contributed by atoms with van der Waals surface area (Å²) in [4.78, 5) is 24.2. The van der Waals surface area contributed by atoms with Gasteiger partial charge < -0.3 is 15.1 Å². The Morgan fingerprint density at radius 1 is 1.50 bits per heavy atom. The minimum atomic E-state index is -1.10. The van der Waals surface area contributed by atoms with Gasteiger partial charge in [-0.3, -0.25) is 4.79 Å². The number of aliphatic hydroxyl groups excluding tert-OH is 1. The van der Waals surface area contributed by atoms with Gasteiger partial charge in [0.25, 0.3) is 0 Å². The van der Waals surface area contributed by atoms with Crippen LogP contribution in [0.25, 0.3) is 0 Å². The number of carboxylic acid groups (broad SMARTS) is 1. The molecule has 2 atom stereocenters. The van der Waals surface area contributed by atoms with Gasteiger partial charge in [-0.2, -0.15) is 0 Å². The number of likely N-dealkylation sites (tertiary alicyclic amines) is 1. The molecule has 2 unspecified atom stereocenters. The third kappa shape index (κ3) is 2.54. The second-order valence-electron chi connectivity index (χ2n) is 4.20. The van der Waals surface area contributed by atoms with Gasteiger partial charge in [-0.25, -0.2) is 4.79 Å². The average Bonchev–Trinajstić information content (AvgIpc) is 2.58. The van der Waals surface area contributed by atoms with Crippen LogP contribution in [-0.4, -0.2) is 39.6 Å². The summed E-state index contributed by atoms with van der Waals surface area (Å²) in [5, 5.41) is 18.7. The van der Waals surface area contributed by atoms with Gasteiger partial charge in [0.15, 0.2) is 6.04 Å². The van der Waals surface area contributed by atoms with Crippen LogP contribution >= 0.6 is 15.9 Å². The van der Waals surface area contributed by atoms with Gasteiger partial charge in [-0.1, -0.05) is 28.1 Å². The summed E-state index contributed by atoms with van der Waals surface area (Å²) in [5.74, 6) is -1.44. The fourth-order valence-corrected chi connectivity index (χ4v) is 2.51. The molecule has 5 nitrogen and oxygen atoms in total. The molecule has 1 saturated heterocycles. The number of carbonyl (C=O) groups excluding carboxylic acids is 1. The number of hydrogen-bond acceptors (Lipinski definition) is 3. The van der Waals surface area contributed by atoms with Gasteiger partial charge in [0.2, 0.25) is 5.91 Å². The lowest BCUT2D eigenvalue weighted by molar-refractivity contribution is -0.148. The van der Waals surface area contributed by atoms with E-state index in [-0.39, 0.29) is 18.9 Å². The zero-order chi connectivity index (χ0) is 13.3. The van der Waals surface area contributed by atoms with Gasteiger partial charge >= 0.3 is 5.97 Å². The second-order valence-corrected chi connectivity index (χ2v) is 5.12. The van der Waals surface area contributed by atoms with Crippen molar-refractivity contribution >= 4 is 27.8 Å². The van der Waals surface area contributed by atoms with Crippen molar-refractivity contribution in [3.05, 3.63) is 34.3 Å². The molecule has 2 rings (SSSR count). The minimum absolute atomic E-state index is 0.0161. The summed E-state index contributed by atoms with van der Waals surface area (Å²) in [5.41, 5.74) is 0.513. The number of benzene rings is 1. The molecular formula is C12H12BrNO4. The van der Waals surface area contributed by atoms with Gasteiger partial charge in [-0.15, -0.1) is 0 Å². The predicted octanol–water partition coefficient (Wildman–Crippen LogP) is 1.17. The molecule has 0 aliphatic carbocycles. The average molecular weight is 314 g/mol. The summed E-state index contributed by atoms with van der Waals surface area (Å²) < 4.78 is 0.749. The standard InChI is InChI=1S/C12H12BrNO4/c13-8-3-1-2-7(4-8)11(12(17)18)14-6-9(15)5-10(14)16/h1-4,9,11,15H,5-6H2,(H,17,18). The first kappa shape index (κ1) is 13.0. The Morgan fingerprint density at radius 3 is 2.72 bits per heavy atom. The first-order chi connectivity index (χ1) is 8.49. The van der Waals surface area contributed by atoms with Gasteiger partial charge in [-0.05, 0) is 17.7 Å². The number of carboxylic acids is 1. The molecule has 0 saturated carbocycles. The highest BCUT2D eigenvalue weighted by Gasteiger charge is 2.37. The van der Waals surface area contributed by atoms with E-state index in [1.165, 1.54) is 4.90 Å². The minimum Gasteiger partial charge on any atom is -0.479 e. The fraction of sp³-hybridized carbons (Fsp3) is 0.333. The Labute approximate surface area is 112 Å². The number of carbonyl (C=O) groups is 2. The fourth-order valence-electron chi connectivity index (χ4n) is 2.09. The third-order valence-corrected chi connectivity index (χ3v) is 3.34. The highest BCUT2D eigenvalue weighted by atomic mass is 79.9. The summed E-state index contributed by atoms with van der Waals surface area (Å²) in [6, 6.07) is 5.76. The van der Waals surface area contributed by atoms with Gasteiger partial charge in [0.1, 0.15) is 0 Å². The van der Waals surface area contributed by atoms with E-state index in [0.717, 1.165) is 4.47 Å². The van der Waals surface area contributed by atoms with Crippen LogP contribution in [0.5, 0.6) is 0 Å². The van der Waals surface area contributed by atoms with Crippen LogP contribution in [0.2, 0.25) is 0 Å². The quantitative estimate of drug-likeness (QED) is 0.878. The molecule has 1 amide bonds. The van der Waals surface area contributed by atoms with Crippen molar-refractivity contribution in [2.24, 2.45) is 0 Å². The SMILES string of the molecule is O=C(O)C(c1cccc(Br)c1)N1CC(O)CC1=O. The highest BCUT2D eigenvalue weighted by molar-refractivity contribution is 9.10. The first-order valence-corrected chi connectivity index (χ1v) is 6.24. The largest absolute Gasteiger partial charge is 0.479 e. The smallest absolute Gasteiger partial charge is 0.331 e. The van der Waals surface area contributed by atoms with Crippen LogP contribution in [0.15, 0.2) is 28.7 Å². The lowest BCUT2D eigenvalue weighted by atomic mass is 10.1. The number of rotatable bonds is 3. The topological polar surface area (TPSA) is 77.8 Å². The Balaban J connectivity index is 2.35. The number of amides is 1. The molecule has 1 aliphatic rings. The molecule has 96 valence electrons. The molecule has 1 aliphatic heterocycles. The Hall–Kier alpha value is -1.40.